The average molecular weight is 397 g/mol. The summed E-state index contributed by atoms with van der Waals surface area (Å²) in [5, 5.41) is 18.3. The lowest BCUT2D eigenvalue weighted by Gasteiger charge is -2.10. The molecule has 0 unspecified atom stereocenters. The van der Waals surface area contributed by atoms with Gasteiger partial charge in [-0.15, -0.1) is 0 Å². The van der Waals surface area contributed by atoms with Crippen molar-refractivity contribution in [3.8, 4) is 16.9 Å². The van der Waals surface area contributed by atoms with E-state index < -0.39 is 28.5 Å². The Hall–Kier alpha value is -2.69. The molecule has 2 aromatic carbocycles. The Morgan fingerprint density at radius 2 is 1.63 bits per heavy atom. The van der Waals surface area contributed by atoms with E-state index in [1.165, 1.54) is 24.3 Å². The second-order valence-electron chi connectivity index (χ2n) is 5.65. The number of rotatable bonds is 4. The van der Waals surface area contributed by atoms with E-state index in [9.17, 15) is 26.7 Å². The number of benzene rings is 2. The maximum absolute atomic E-state index is 13.4. The number of hydrogen-bond donors (Lipinski definition) is 2. The highest BCUT2D eigenvalue weighted by molar-refractivity contribution is 7.89. The summed E-state index contributed by atoms with van der Waals surface area (Å²) >= 11 is 0. The number of alkyl halides is 3. The lowest BCUT2D eigenvalue weighted by molar-refractivity contribution is -0.142. The molecular formula is C17H14F3N3O3S. The number of aliphatic hydroxyl groups excluding tert-OH is 1. The summed E-state index contributed by atoms with van der Waals surface area (Å²) in [6.45, 7) is -0.867. The molecule has 10 heteroatoms. The summed E-state index contributed by atoms with van der Waals surface area (Å²) in [4.78, 5) is -0.182. The van der Waals surface area contributed by atoms with E-state index in [0.717, 1.165) is 4.68 Å². The molecule has 3 N–H and O–H groups in total. The molecule has 1 aromatic heterocycles. The minimum absolute atomic E-state index is 0.0637. The quantitative estimate of drug-likeness (QED) is 0.707. The molecule has 0 aliphatic heterocycles. The Bertz CT molecular complexity index is 1060. The number of sulfonamides is 1. The maximum Gasteiger partial charge on any atom is 0.435 e. The third kappa shape index (κ3) is 3.72. The van der Waals surface area contributed by atoms with Crippen LogP contribution in [-0.4, -0.2) is 23.3 Å². The fourth-order valence-corrected chi connectivity index (χ4v) is 3.20. The number of primary sulfonamides is 1. The number of aromatic nitrogens is 2. The number of halogens is 3. The first-order valence-electron chi connectivity index (χ1n) is 7.61. The van der Waals surface area contributed by atoms with Crippen molar-refractivity contribution in [3.63, 3.8) is 0 Å². The van der Waals surface area contributed by atoms with E-state index in [1.54, 1.807) is 30.3 Å². The molecule has 0 atom stereocenters. The predicted molar refractivity (Wildman–Crippen MR) is 91.3 cm³/mol. The van der Waals surface area contributed by atoms with Gasteiger partial charge in [-0.05, 0) is 24.3 Å². The summed E-state index contributed by atoms with van der Waals surface area (Å²) in [5.74, 6) is 0. The average Bonchev–Trinajstić information content (AvgIpc) is 3.02. The number of nitrogens with zero attached hydrogens (tertiary/aromatic N) is 2. The fraction of sp³-hybridized carbons (Fsp3) is 0.118. The molecule has 0 radical (unpaired) electrons. The highest BCUT2D eigenvalue weighted by atomic mass is 32.2. The predicted octanol–water partition coefficient (Wildman–Crippen LogP) is 2.70. The number of hydrogen-bond acceptors (Lipinski definition) is 4. The Labute approximate surface area is 152 Å². The van der Waals surface area contributed by atoms with E-state index in [2.05, 4.69) is 5.10 Å². The third-order valence-corrected chi connectivity index (χ3v) is 4.80. The fourth-order valence-electron chi connectivity index (χ4n) is 2.68. The number of aliphatic hydroxyl groups is 1. The zero-order chi connectivity index (χ0) is 19.8. The van der Waals surface area contributed by atoms with Gasteiger partial charge in [0.25, 0.3) is 0 Å². The van der Waals surface area contributed by atoms with Gasteiger partial charge in [0, 0.05) is 11.1 Å². The molecule has 6 nitrogen and oxygen atoms in total. The first-order valence-corrected chi connectivity index (χ1v) is 9.16. The van der Waals surface area contributed by atoms with Crippen LogP contribution >= 0.6 is 0 Å². The Morgan fingerprint density at radius 1 is 1.04 bits per heavy atom. The zero-order valence-electron chi connectivity index (χ0n) is 13.7. The van der Waals surface area contributed by atoms with Gasteiger partial charge in [-0.25, -0.2) is 18.2 Å². The molecule has 0 fully saturated rings. The van der Waals surface area contributed by atoms with Gasteiger partial charge in [0.15, 0.2) is 5.69 Å². The summed E-state index contributed by atoms with van der Waals surface area (Å²) in [5.41, 5.74) is -0.913. The van der Waals surface area contributed by atoms with Crippen LogP contribution in [0.15, 0.2) is 59.5 Å². The minimum atomic E-state index is -4.77. The van der Waals surface area contributed by atoms with E-state index in [1.807, 2.05) is 0 Å². The maximum atomic E-state index is 13.4. The Morgan fingerprint density at radius 3 is 2.11 bits per heavy atom. The Balaban J connectivity index is 2.27. The van der Waals surface area contributed by atoms with E-state index in [-0.39, 0.29) is 21.8 Å². The SMILES string of the molecule is NS(=O)(=O)c1ccc(-n2nc(C(F)(F)F)c(CO)c2-c2ccccc2)cc1. The zero-order valence-corrected chi connectivity index (χ0v) is 14.5. The largest absolute Gasteiger partial charge is 0.435 e. The van der Waals surface area contributed by atoms with Crippen molar-refractivity contribution >= 4 is 10.0 Å². The molecule has 142 valence electrons. The van der Waals surface area contributed by atoms with Crippen molar-refractivity contribution in [2.45, 2.75) is 17.7 Å². The molecule has 0 saturated carbocycles. The van der Waals surface area contributed by atoms with Crippen LogP contribution < -0.4 is 5.14 Å². The van der Waals surface area contributed by atoms with Gasteiger partial charge >= 0.3 is 6.18 Å². The van der Waals surface area contributed by atoms with Crippen molar-refractivity contribution in [2.75, 3.05) is 0 Å². The first kappa shape index (κ1) is 19.1. The molecule has 1 heterocycles. The number of nitrogens with two attached hydrogens (primary N) is 1. The molecule has 27 heavy (non-hydrogen) atoms. The van der Waals surface area contributed by atoms with Crippen LogP contribution in [0.2, 0.25) is 0 Å². The van der Waals surface area contributed by atoms with Gasteiger partial charge < -0.3 is 5.11 Å². The topological polar surface area (TPSA) is 98.2 Å². The van der Waals surface area contributed by atoms with Gasteiger partial charge in [-0.2, -0.15) is 18.3 Å². The summed E-state index contributed by atoms with van der Waals surface area (Å²) < 4.78 is 64.0. The second kappa shape index (κ2) is 6.80. The van der Waals surface area contributed by atoms with Crippen molar-refractivity contribution in [1.82, 2.24) is 9.78 Å². The van der Waals surface area contributed by atoms with Crippen LogP contribution in [0.3, 0.4) is 0 Å². The summed E-state index contributed by atoms with van der Waals surface area (Å²) in [6, 6.07) is 13.1. The third-order valence-electron chi connectivity index (χ3n) is 3.87. The van der Waals surface area contributed by atoms with Crippen LogP contribution in [0.4, 0.5) is 13.2 Å². The standard InChI is InChI=1S/C17H14F3N3O3S/c18-17(19,20)16-14(10-24)15(11-4-2-1-3-5-11)23(22-16)12-6-8-13(9-7-12)27(21,25)26/h1-9,24H,10H2,(H2,21,25,26). The highest BCUT2D eigenvalue weighted by Crippen LogP contribution is 2.37. The van der Waals surface area contributed by atoms with Crippen LogP contribution in [-0.2, 0) is 22.8 Å². The lowest BCUT2D eigenvalue weighted by atomic mass is 10.1. The first-order chi connectivity index (χ1) is 12.6. The van der Waals surface area contributed by atoms with E-state index in [0.29, 0.717) is 5.56 Å². The smallest absolute Gasteiger partial charge is 0.392 e. The summed E-state index contributed by atoms with van der Waals surface area (Å²) in [6.07, 6.45) is -4.77. The molecule has 0 spiro atoms. The minimum Gasteiger partial charge on any atom is -0.392 e. The van der Waals surface area contributed by atoms with Gasteiger partial charge in [0.05, 0.1) is 22.9 Å². The van der Waals surface area contributed by atoms with Crippen molar-refractivity contribution in [3.05, 3.63) is 65.9 Å². The van der Waals surface area contributed by atoms with Gasteiger partial charge in [-0.1, -0.05) is 30.3 Å². The molecule has 3 aromatic rings. The Kier molecular flexibility index (Phi) is 4.81. The van der Waals surface area contributed by atoms with E-state index in [4.69, 9.17) is 5.14 Å². The molecule has 3 rings (SSSR count). The van der Waals surface area contributed by atoms with E-state index >= 15 is 0 Å². The van der Waals surface area contributed by atoms with Crippen molar-refractivity contribution < 1.29 is 26.7 Å². The molecule has 0 bridgehead atoms. The molecule has 0 saturated heterocycles. The van der Waals surface area contributed by atoms with Gasteiger partial charge in [-0.3, -0.25) is 0 Å². The molecule has 0 aliphatic carbocycles. The molecular weight excluding hydrogens is 383 g/mol. The van der Waals surface area contributed by atoms with Crippen LogP contribution in [0.1, 0.15) is 11.3 Å². The van der Waals surface area contributed by atoms with Gasteiger partial charge in [0.2, 0.25) is 10.0 Å². The normalized spacial score (nSPS) is 12.3. The lowest BCUT2D eigenvalue weighted by Crippen LogP contribution is -2.12. The van der Waals surface area contributed by atoms with Crippen molar-refractivity contribution in [1.29, 1.82) is 0 Å². The monoisotopic (exact) mass is 397 g/mol. The van der Waals surface area contributed by atoms with Crippen molar-refractivity contribution in [2.24, 2.45) is 5.14 Å². The summed E-state index contributed by atoms with van der Waals surface area (Å²) in [7, 11) is -3.94. The van der Waals surface area contributed by atoms with Crippen LogP contribution in [0.5, 0.6) is 0 Å². The van der Waals surface area contributed by atoms with Crippen LogP contribution in [0, 0.1) is 0 Å². The molecule has 0 aliphatic rings. The second-order valence-corrected chi connectivity index (χ2v) is 7.21. The van der Waals surface area contributed by atoms with Gasteiger partial charge in [0.1, 0.15) is 0 Å². The highest BCUT2D eigenvalue weighted by Gasteiger charge is 2.39. The molecule has 0 amide bonds. The van der Waals surface area contributed by atoms with Crippen LogP contribution in [0.25, 0.3) is 16.9 Å².